The first-order valence-corrected chi connectivity index (χ1v) is 9.20. The van der Waals surface area contributed by atoms with Crippen molar-refractivity contribution in [2.45, 2.75) is 38.2 Å². The maximum Gasteiger partial charge on any atom is 0.270 e. The fraction of sp³-hybridized carbons (Fsp3) is 0.667. The van der Waals surface area contributed by atoms with Crippen LogP contribution in [0.25, 0.3) is 0 Å². The van der Waals surface area contributed by atoms with Gasteiger partial charge in [0.1, 0.15) is 29.5 Å². The van der Waals surface area contributed by atoms with E-state index in [9.17, 15) is 9.59 Å². The Hall–Kier alpha value is -2.22. The van der Waals surface area contributed by atoms with Crippen molar-refractivity contribution in [3.63, 3.8) is 0 Å². The van der Waals surface area contributed by atoms with Crippen LogP contribution in [-0.2, 0) is 16.0 Å². The summed E-state index contributed by atoms with van der Waals surface area (Å²) >= 11 is 0. The Bertz CT molecular complexity index is 765. The van der Waals surface area contributed by atoms with E-state index in [1.807, 2.05) is 20.9 Å². The first-order chi connectivity index (χ1) is 12.4. The van der Waals surface area contributed by atoms with Crippen molar-refractivity contribution in [3.8, 4) is 0 Å². The van der Waals surface area contributed by atoms with Gasteiger partial charge in [0.05, 0.1) is 13.1 Å². The van der Waals surface area contributed by atoms with E-state index in [4.69, 9.17) is 9.72 Å². The number of hydrogen-bond donors (Lipinski definition) is 1. The van der Waals surface area contributed by atoms with Gasteiger partial charge in [0, 0.05) is 31.6 Å². The molecule has 1 atom stereocenters. The third-order valence-corrected chi connectivity index (χ3v) is 5.46. The summed E-state index contributed by atoms with van der Waals surface area (Å²) in [5.41, 5.74) is 1.08. The number of anilines is 1. The number of hydrogen-bond acceptors (Lipinski definition) is 6. The van der Waals surface area contributed by atoms with Crippen LogP contribution in [0.5, 0.6) is 0 Å². The number of likely N-dealkylation sites (N-methyl/N-ethyl adjacent to an activating group) is 1. The molecule has 2 saturated heterocycles. The maximum atomic E-state index is 12.3. The number of aromatic nitrogens is 2. The highest BCUT2D eigenvalue weighted by Crippen LogP contribution is 2.35. The number of ether oxygens (including phenoxy) is 1. The fourth-order valence-corrected chi connectivity index (χ4v) is 3.97. The minimum atomic E-state index is -0.352. The molecule has 1 aromatic rings. The molecular formula is C18H25N5O3. The molecule has 8 nitrogen and oxygen atoms in total. The molecule has 0 bridgehead atoms. The summed E-state index contributed by atoms with van der Waals surface area (Å²) in [5.74, 6) is 1.58. The van der Waals surface area contributed by atoms with Gasteiger partial charge < -0.3 is 19.9 Å². The number of carbonyl (C=O) groups excluding carboxylic acids is 2. The molecule has 2 amide bonds. The average Bonchev–Trinajstić information content (AvgIpc) is 3.02. The van der Waals surface area contributed by atoms with Gasteiger partial charge in [0.2, 0.25) is 5.91 Å². The SMILES string of the molecule is CC(C)c1nc2c(c(N3CCC4(CN(C)C(=O)CO4)C3)n1)CCNC2=O. The zero-order chi connectivity index (χ0) is 18.5. The second-order valence-electron chi connectivity index (χ2n) is 7.79. The van der Waals surface area contributed by atoms with Crippen LogP contribution < -0.4 is 10.2 Å². The third kappa shape index (κ3) is 2.82. The highest BCUT2D eigenvalue weighted by Gasteiger charge is 2.45. The number of rotatable bonds is 2. The van der Waals surface area contributed by atoms with Crippen LogP contribution in [0.4, 0.5) is 5.82 Å². The fourth-order valence-electron chi connectivity index (χ4n) is 3.97. The molecular weight excluding hydrogens is 334 g/mol. The Kier molecular flexibility index (Phi) is 4.10. The van der Waals surface area contributed by atoms with E-state index in [0.717, 1.165) is 30.8 Å². The molecule has 0 saturated carbocycles. The molecule has 0 radical (unpaired) electrons. The molecule has 3 aliphatic rings. The predicted octanol–water partition coefficient (Wildman–Crippen LogP) is 0.323. The number of morpholine rings is 1. The maximum absolute atomic E-state index is 12.3. The molecule has 0 aromatic carbocycles. The number of carbonyl (C=O) groups is 2. The summed E-state index contributed by atoms with van der Waals surface area (Å²) in [6.45, 7) is 6.86. The summed E-state index contributed by atoms with van der Waals surface area (Å²) in [4.78, 5) is 37.3. The number of nitrogens with one attached hydrogen (secondary N) is 1. The highest BCUT2D eigenvalue weighted by molar-refractivity contribution is 5.96. The van der Waals surface area contributed by atoms with Crippen LogP contribution in [0.3, 0.4) is 0 Å². The van der Waals surface area contributed by atoms with E-state index in [-0.39, 0.29) is 29.9 Å². The van der Waals surface area contributed by atoms with Gasteiger partial charge in [-0.25, -0.2) is 9.97 Å². The normalized spacial score (nSPS) is 25.8. The van der Waals surface area contributed by atoms with Gasteiger partial charge in [-0.1, -0.05) is 13.8 Å². The summed E-state index contributed by atoms with van der Waals surface area (Å²) in [6.07, 6.45) is 1.57. The van der Waals surface area contributed by atoms with E-state index in [2.05, 4.69) is 15.2 Å². The Morgan fingerprint density at radius 1 is 1.23 bits per heavy atom. The number of amides is 2. The first-order valence-electron chi connectivity index (χ1n) is 9.20. The molecule has 4 heterocycles. The number of fused-ring (bicyclic) bond motifs is 1. The second-order valence-corrected chi connectivity index (χ2v) is 7.79. The molecule has 1 N–H and O–H groups in total. The molecule has 140 valence electrons. The predicted molar refractivity (Wildman–Crippen MR) is 95.3 cm³/mol. The molecule has 1 aromatic heterocycles. The topological polar surface area (TPSA) is 87.7 Å². The zero-order valence-corrected chi connectivity index (χ0v) is 15.5. The standard InChI is InChI=1S/C18H25N5O3/c1-11(2)15-20-14-12(4-6-19-17(14)25)16(21-15)23-7-5-18(10-23)9-22(3)13(24)8-26-18/h11H,4-10H2,1-3H3,(H,19,25). The van der Waals surface area contributed by atoms with Crippen LogP contribution in [0.2, 0.25) is 0 Å². The lowest BCUT2D eigenvalue weighted by atomic mass is 10.0. The van der Waals surface area contributed by atoms with Crippen LogP contribution >= 0.6 is 0 Å². The Balaban J connectivity index is 1.68. The van der Waals surface area contributed by atoms with Crippen LogP contribution in [-0.4, -0.2) is 72.1 Å². The lowest BCUT2D eigenvalue weighted by Crippen LogP contribution is -2.54. The smallest absolute Gasteiger partial charge is 0.270 e. The first kappa shape index (κ1) is 17.2. The van der Waals surface area contributed by atoms with Crippen LogP contribution in [0, 0.1) is 0 Å². The molecule has 4 rings (SSSR count). The summed E-state index contributed by atoms with van der Waals surface area (Å²) in [7, 11) is 1.82. The summed E-state index contributed by atoms with van der Waals surface area (Å²) < 4.78 is 5.95. The third-order valence-electron chi connectivity index (χ3n) is 5.46. The quantitative estimate of drug-likeness (QED) is 0.818. The zero-order valence-electron chi connectivity index (χ0n) is 15.5. The van der Waals surface area contributed by atoms with Gasteiger partial charge in [0.25, 0.3) is 5.91 Å². The molecule has 1 spiro atoms. The monoisotopic (exact) mass is 359 g/mol. The van der Waals surface area contributed by atoms with Crippen LogP contribution in [0.1, 0.15) is 48.1 Å². The van der Waals surface area contributed by atoms with Crippen molar-refractivity contribution >= 4 is 17.6 Å². The van der Waals surface area contributed by atoms with Gasteiger partial charge in [-0.3, -0.25) is 9.59 Å². The largest absolute Gasteiger partial charge is 0.361 e. The average molecular weight is 359 g/mol. The minimum absolute atomic E-state index is 0.0206. The molecule has 0 aliphatic carbocycles. The van der Waals surface area contributed by atoms with Crippen molar-refractivity contribution in [1.82, 2.24) is 20.2 Å². The van der Waals surface area contributed by atoms with Gasteiger partial charge in [-0.15, -0.1) is 0 Å². The van der Waals surface area contributed by atoms with Crippen molar-refractivity contribution in [2.75, 3.05) is 44.7 Å². The molecule has 1 unspecified atom stereocenters. The Morgan fingerprint density at radius 2 is 2.04 bits per heavy atom. The minimum Gasteiger partial charge on any atom is -0.361 e. The number of nitrogens with zero attached hydrogens (tertiary/aromatic N) is 4. The van der Waals surface area contributed by atoms with Crippen molar-refractivity contribution in [3.05, 3.63) is 17.1 Å². The lowest BCUT2D eigenvalue weighted by Gasteiger charge is -2.38. The molecule has 8 heteroatoms. The highest BCUT2D eigenvalue weighted by atomic mass is 16.5. The summed E-state index contributed by atoms with van der Waals surface area (Å²) in [5, 5.41) is 2.87. The van der Waals surface area contributed by atoms with E-state index in [0.29, 0.717) is 31.2 Å². The second kappa shape index (κ2) is 6.19. The lowest BCUT2D eigenvalue weighted by molar-refractivity contribution is -0.157. The van der Waals surface area contributed by atoms with Crippen LogP contribution in [0.15, 0.2) is 0 Å². The van der Waals surface area contributed by atoms with Crippen molar-refractivity contribution in [1.29, 1.82) is 0 Å². The van der Waals surface area contributed by atoms with Crippen molar-refractivity contribution < 1.29 is 14.3 Å². The molecule has 3 aliphatic heterocycles. The van der Waals surface area contributed by atoms with Gasteiger partial charge in [0.15, 0.2) is 0 Å². The summed E-state index contributed by atoms with van der Waals surface area (Å²) in [6, 6.07) is 0. The van der Waals surface area contributed by atoms with E-state index in [1.165, 1.54) is 0 Å². The van der Waals surface area contributed by atoms with Gasteiger partial charge in [-0.2, -0.15) is 0 Å². The van der Waals surface area contributed by atoms with Gasteiger partial charge in [-0.05, 0) is 12.8 Å². The van der Waals surface area contributed by atoms with Gasteiger partial charge >= 0.3 is 0 Å². The van der Waals surface area contributed by atoms with E-state index in [1.54, 1.807) is 4.90 Å². The Labute approximate surface area is 152 Å². The van der Waals surface area contributed by atoms with E-state index < -0.39 is 0 Å². The Morgan fingerprint density at radius 3 is 2.77 bits per heavy atom. The van der Waals surface area contributed by atoms with E-state index >= 15 is 0 Å². The van der Waals surface area contributed by atoms with Crippen molar-refractivity contribution in [2.24, 2.45) is 0 Å². The molecule has 26 heavy (non-hydrogen) atoms. The molecule has 2 fully saturated rings.